The predicted molar refractivity (Wildman–Crippen MR) is 215 cm³/mol. The first kappa shape index (κ1) is 50.9. The van der Waals surface area contributed by atoms with Gasteiger partial charge in [0.1, 0.15) is 19.8 Å². The molecular formula is C42H77NO9P+. The van der Waals surface area contributed by atoms with Gasteiger partial charge in [-0.1, -0.05) is 115 Å². The molecule has 0 aliphatic carbocycles. The lowest BCUT2D eigenvalue weighted by atomic mass is 10.1. The molecular weight excluding hydrogens is 693 g/mol. The number of nitrogens with zero attached hydrogens (tertiary/aromatic N) is 1. The number of carbonyl (C=O) groups is 3. The average Bonchev–Trinajstić information content (AvgIpc) is 3.09. The van der Waals surface area contributed by atoms with Crippen molar-refractivity contribution in [2.24, 2.45) is 0 Å². The largest absolute Gasteiger partial charge is 0.472 e. The number of esters is 2. The minimum absolute atomic E-state index is 0.0140. The van der Waals surface area contributed by atoms with Crippen LogP contribution in [0.25, 0.3) is 0 Å². The molecule has 0 aromatic heterocycles. The zero-order valence-corrected chi connectivity index (χ0v) is 35.1. The second-order valence-electron chi connectivity index (χ2n) is 15.1. The van der Waals surface area contributed by atoms with E-state index in [0.29, 0.717) is 30.3 Å². The summed E-state index contributed by atoms with van der Waals surface area (Å²) in [4.78, 5) is 47.0. The maximum atomic E-state index is 12.6. The third-order valence-electron chi connectivity index (χ3n) is 8.62. The molecule has 1 N–H and O–H groups in total. The lowest BCUT2D eigenvalue weighted by Gasteiger charge is -2.24. The smallest absolute Gasteiger partial charge is 0.462 e. The Morgan fingerprint density at radius 3 is 1.74 bits per heavy atom. The fourth-order valence-electron chi connectivity index (χ4n) is 5.28. The second-order valence-corrected chi connectivity index (χ2v) is 16.5. The van der Waals surface area contributed by atoms with Crippen LogP contribution in [0.5, 0.6) is 0 Å². The molecule has 0 rings (SSSR count). The summed E-state index contributed by atoms with van der Waals surface area (Å²) in [6.45, 7) is 4.17. The lowest BCUT2D eigenvalue weighted by molar-refractivity contribution is -0.870. The molecule has 0 amide bonds. The molecule has 0 spiro atoms. The van der Waals surface area contributed by atoms with E-state index in [9.17, 15) is 23.8 Å². The lowest BCUT2D eigenvalue weighted by Crippen LogP contribution is -2.37. The summed E-state index contributed by atoms with van der Waals surface area (Å²) in [5.74, 6) is -0.697. The van der Waals surface area contributed by atoms with Crippen LogP contribution in [0.4, 0.5) is 0 Å². The van der Waals surface area contributed by atoms with E-state index in [0.717, 1.165) is 83.5 Å². The topological polar surface area (TPSA) is 125 Å². The Morgan fingerprint density at radius 2 is 1.13 bits per heavy atom. The molecule has 10 nitrogen and oxygen atoms in total. The van der Waals surface area contributed by atoms with Gasteiger partial charge in [-0.25, -0.2) is 4.57 Å². The number of hydrogen-bond acceptors (Lipinski definition) is 8. The molecule has 1 unspecified atom stereocenters. The molecule has 0 aromatic rings. The van der Waals surface area contributed by atoms with Crippen molar-refractivity contribution in [3.05, 3.63) is 36.5 Å². The summed E-state index contributed by atoms with van der Waals surface area (Å²) in [6, 6.07) is 0. The van der Waals surface area contributed by atoms with Crippen LogP contribution in [-0.2, 0) is 37.5 Å². The van der Waals surface area contributed by atoms with Gasteiger partial charge in [0, 0.05) is 19.3 Å². The Balaban J connectivity index is 4.49. The van der Waals surface area contributed by atoms with Crippen molar-refractivity contribution >= 4 is 25.5 Å². The first-order valence-corrected chi connectivity index (χ1v) is 22.2. The van der Waals surface area contributed by atoms with Gasteiger partial charge in [0.25, 0.3) is 0 Å². The third-order valence-corrected chi connectivity index (χ3v) is 9.60. The van der Waals surface area contributed by atoms with Gasteiger partial charge in [-0.3, -0.25) is 23.4 Å². The maximum Gasteiger partial charge on any atom is 0.472 e. The van der Waals surface area contributed by atoms with Crippen molar-refractivity contribution in [1.82, 2.24) is 0 Å². The highest BCUT2D eigenvalue weighted by Crippen LogP contribution is 2.43. The molecule has 53 heavy (non-hydrogen) atoms. The molecule has 0 radical (unpaired) electrons. The van der Waals surface area contributed by atoms with E-state index in [1.807, 2.05) is 33.3 Å². The van der Waals surface area contributed by atoms with Crippen LogP contribution >= 0.6 is 7.82 Å². The van der Waals surface area contributed by atoms with Gasteiger partial charge in [-0.05, 0) is 63.9 Å². The molecule has 0 aliphatic rings. The number of carbonyl (C=O) groups excluding carboxylic acids is 3. The van der Waals surface area contributed by atoms with Crippen LogP contribution in [0.2, 0.25) is 0 Å². The van der Waals surface area contributed by atoms with Crippen molar-refractivity contribution in [3.8, 4) is 0 Å². The number of quaternary nitrogens is 1. The number of phosphoric acid groups is 1. The standard InChI is InChI=1S/C42H76NO9P/c1-6-8-10-11-12-13-14-15-16-19-22-25-29-33-41(45)49-37-40(38-51-53(47,48)50-36-35-43(3,4)5)52-42(46)34-30-26-23-20-17-18-21-24-28-32-39(44)31-27-9-7-2/h13-14,21,24,28,32,40H,6-12,15-20,22-23,25-27,29-31,33-38H2,1-5H3/p+1/b14-13-,24-21-,32-28+/t40-/m1/s1. The van der Waals surface area contributed by atoms with Crippen LogP contribution in [0.1, 0.15) is 162 Å². The highest BCUT2D eigenvalue weighted by molar-refractivity contribution is 7.47. The molecule has 0 aromatic carbocycles. The highest BCUT2D eigenvalue weighted by atomic mass is 31.2. The molecule has 0 saturated heterocycles. The average molecular weight is 771 g/mol. The molecule has 0 saturated carbocycles. The summed E-state index contributed by atoms with van der Waals surface area (Å²) < 4.78 is 34.1. The Hall–Kier alpha value is -2.10. The molecule has 0 aliphatic heterocycles. The Morgan fingerprint density at radius 1 is 0.623 bits per heavy atom. The van der Waals surface area contributed by atoms with Crippen molar-refractivity contribution in [2.45, 2.75) is 168 Å². The van der Waals surface area contributed by atoms with Crippen molar-refractivity contribution in [1.29, 1.82) is 0 Å². The van der Waals surface area contributed by atoms with E-state index in [2.05, 4.69) is 32.1 Å². The highest BCUT2D eigenvalue weighted by Gasteiger charge is 2.27. The molecule has 2 atom stereocenters. The number of rotatable bonds is 37. The van der Waals surface area contributed by atoms with Gasteiger partial charge in [0.05, 0.1) is 27.7 Å². The number of hydrogen-bond donors (Lipinski definition) is 1. The summed E-state index contributed by atoms with van der Waals surface area (Å²) in [5, 5.41) is 0. The predicted octanol–water partition coefficient (Wildman–Crippen LogP) is 10.5. The molecule has 0 heterocycles. The van der Waals surface area contributed by atoms with Gasteiger partial charge in [0.2, 0.25) is 0 Å². The van der Waals surface area contributed by atoms with Gasteiger partial charge < -0.3 is 18.9 Å². The molecule has 0 bridgehead atoms. The maximum absolute atomic E-state index is 12.6. The van der Waals surface area contributed by atoms with Crippen LogP contribution in [0.3, 0.4) is 0 Å². The number of allylic oxidation sites excluding steroid dienone is 6. The first-order chi connectivity index (χ1) is 25.4. The monoisotopic (exact) mass is 771 g/mol. The van der Waals surface area contributed by atoms with Crippen molar-refractivity contribution in [2.75, 3.05) is 47.5 Å². The number of unbranched alkanes of at least 4 members (excludes halogenated alkanes) is 16. The summed E-state index contributed by atoms with van der Waals surface area (Å²) in [6.07, 6.45) is 33.1. The fourth-order valence-corrected chi connectivity index (χ4v) is 6.02. The van der Waals surface area contributed by atoms with E-state index in [-0.39, 0.29) is 31.8 Å². The van der Waals surface area contributed by atoms with Gasteiger partial charge in [-0.15, -0.1) is 0 Å². The quantitative estimate of drug-likeness (QED) is 0.0125. The van der Waals surface area contributed by atoms with Gasteiger partial charge >= 0.3 is 19.8 Å². The van der Waals surface area contributed by atoms with Crippen LogP contribution in [0.15, 0.2) is 36.5 Å². The number of phosphoric ester groups is 1. The molecule has 11 heteroatoms. The zero-order valence-electron chi connectivity index (χ0n) is 34.2. The SMILES string of the molecule is CCCCCC/C=C\CCCCCCCC(=O)OC[C@H](COP(=O)(O)OCC[N+](C)(C)C)OC(=O)CCCCCCC/C=C\C=C\C(=O)CCCCC. The summed E-state index contributed by atoms with van der Waals surface area (Å²) in [5.41, 5.74) is 0. The van der Waals surface area contributed by atoms with Gasteiger partial charge in [-0.2, -0.15) is 0 Å². The Bertz CT molecular complexity index is 1070. The van der Waals surface area contributed by atoms with E-state index in [1.165, 1.54) is 32.1 Å². The fraction of sp³-hybridized carbons (Fsp3) is 0.786. The third kappa shape index (κ3) is 38.0. The van der Waals surface area contributed by atoms with Crippen LogP contribution in [-0.4, -0.2) is 80.7 Å². The summed E-state index contributed by atoms with van der Waals surface area (Å²) in [7, 11) is 1.41. The second kappa shape index (κ2) is 34.4. The number of ketones is 1. The normalized spacial score (nSPS) is 13.9. The molecule has 308 valence electrons. The van der Waals surface area contributed by atoms with Crippen LogP contribution < -0.4 is 0 Å². The van der Waals surface area contributed by atoms with Gasteiger partial charge in [0.15, 0.2) is 11.9 Å². The van der Waals surface area contributed by atoms with E-state index >= 15 is 0 Å². The van der Waals surface area contributed by atoms with E-state index in [1.54, 1.807) is 6.08 Å². The molecule has 0 fully saturated rings. The van der Waals surface area contributed by atoms with E-state index in [4.69, 9.17) is 18.5 Å². The van der Waals surface area contributed by atoms with Crippen molar-refractivity contribution < 1.29 is 46.8 Å². The Labute approximate surface area is 323 Å². The van der Waals surface area contributed by atoms with Crippen LogP contribution in [0, 0.1) is 0 Å². The Kier molecular flexibility index (Phi) is 33.0. The summed E-state index contributed by atoms with van der Waals surface area (Å²) >= 11 is 0. The first-order valence-electron chi connectivity index (χ1n) is 20.7. The number of ether oxygens (including phenoxy) is 2. The minimum atomic E-state index is -4.39. The minimum Gasteiger partial charge on any atom is -0.462 e. The van der Waals surface area contributed by atoms with E-state index < -0.39 is 32.5 Å². The zero-order chi connectivity index (χ0) is 39.5. The number of likely N-dealkylation sites (N-methyl/N-ethyl adjacent to an activating group) is 1. The van der Waals surface area contributed by atoms with Crippen molar-refractivity contribution in [3.63, 3.8) is 0 Å².